The molecule has 2 rings (SSSR count). The van der Waals surface area contributed by atoms with Gasteiger partial charge in [-0.15, -0.1) is 0 Å². The molecular weight excluding hydrogens is 253 g/mol. The van der Waals surface area contributed by atoms with Gasteiger partial charge in [0.05, 0.1) is 0 Å². The lowest BCUT2D eigenvalue weighted by Gasteiger charge is -2.26. The van der Waals surface area contributed by atoms with Crippen molar-refractivity contribution in [1.82, 2.24) is 4.90 Å². The van der Waals surface area contributed by atoms with E-state index < -0.39 is 0 Å². The molecule has 1 fully saturated rings. The van der Waals surface area contributed by atoms with Gasteiger partial charge in [-0.3, -0.25) is 0 Å². The SMILES string of the molecule is Cc1cc(N2CC(C)C(N(C)C)C2)c([C@@H](C)N)cc1F. The maximum Gasteiger partial charge on any atom is 0.126 e. The second kappa shape index (κ2) is 5.70. The Balaban J connectivity index is 2.36. The molecule has 0 spiro atoms. The summed E-state index contributed by atoms with van der Waals surface area (Å²) in [7, 11) is 4.24. The molecule has 3 nitrogen and oxygen atoms in total. The van der Waals surface area contributed by atoms with Crippen LogP contribution in [0.4, 0.5) is 10.1 Å². The first-order chi connectivity index (χ1) is 9.31. The van der Waals surface area contributed by atoms with Gasteiger partial charge >= 0.3 is 0 Å². The van der Waals surface area contributed by atoms with Crippen LogP contribution in [-0.2, 0) is 0 Å². The van der Waals surface area contributed by atoms with Crippen molar-refractivity contribution in [2.24, 2.45) is 11.7 Å². The molecule has 1 heterocycles. The van der Waals surface area contributed by atoms with Crippen molar-refractivity contribution in [3.8, 4) is 0 Å². The quantitative estimate of drug-likeness (QED) is 0.923. The van der Waals surface area contributed by atoms with Crippen molar-refractivity contribution in [1.29, 1.82) is 0 Å². The maximum atomic E-state index is 13.8. The molecule has 2 N–H and O–H groups in total. The smallest absolute Gasteiger partial charge is 0.126 e. The second-order valence-corrected chi connectivity index (χ2v) is 6.36. The Morgan fingerprint density at radius 3 is 2.50 bits per heavy atom. The van der Waals surface area contributed by atoms with Crippen LogP contribution in [0, 0.1) is 18.7 Å². The topological polar surface area (TPSA) is 32.5 Å². The lowest BCUT2D eigenvalue weighted by atomic mass is 10.0. The third-order valence-electron chi connectivity index (χ3n) is 4.38. The van der Waals surface area contributed by atoms with Crippen LogP contribution in [0.5, 0.6) is 0 Å². The molecule has 3 atom stereocenters. The van der Waals surface area contributed by atoms with Crippen molar-refractivity contribution >= 4 is 5.69 Å². The Labute approximate surface area is 121 Å². The third-order valence-corrected chi connectivity index (χ3v) is 4.38. The largest absolute Gasteiger partial charge is 0.369 e. The van der Waals surface area contributed by atoms with Gasteiger partial charge in [0.15, 0.2) is 0 Å². The number of nitrogens with two attached hydrogens (primary N) is 1. The highest BCUT2D eigenvalue weighted by atomic mass is 19.1. The normalized spacial score (nSPS) is 24.5. The summed E-state index contributed by atoms with van der Waals surface area (Å²) in [6.45, 7) is 7.96. The zero-order chi connectivity index (χ0) is 15.0. The molecule has 2 unspecified atom stereocenters. The number of aryl methyl sites for hydroxylation is 1. The van der Waals surface area contributed by atoms with Crippen LogP contribution in [0.15, 0.2) is 12.1 Å². The van der Waals surface area contributed by atoms with Gasteiger partial charge in [0.2, 0.25) is 0 Å². The number of anilines is 1. The van der Waals surface area contributed by atoms with E-state index in [9.17, 15) is 4.39 Å². The zero-order valence-corrected chi connectivity index (χ0v) is 13.2. The monoisotopic (exact) mass is 279 g/mol. The molecule has 1 aliphatic heterocycles. The summed E-state index contributed by atoms with van der Waals surface area (Å²) in [5, 5.41) is 0. The van der Waals surface area contributed by atoms with Crippen LogP contribution < -0.4 is 10.6 Å². The second-order valence-electron chi connectivity index (χ2n) is 6.36. The molecule has 0 aromatic heterocycles. The average molecular weight is 279 g/mol. The first-order valence-corrected chi connectivity index (χ1v) is 7.28. The van der Waals surface area contributed by atoms with E-state index in [0.717, 1.165) is 24.3 Å². The Hall–Kier alpha value is -1.13. The number of rotatable bonds is 3. The van der Waals surface area contributed by atoms with E-state index in [1.54, 1.807) is 6.07 Å². The third kappa shape index (κ3) is 2.81. The minimum atomic E-state index is -0.169. The summed E-state index contributed by atoms with van der Waals surface area (Å²) in [4.78, 5) is 4.62. The Morgan fingerprint density at radius 1 is 1.35 bits per heavy atom. The Morgan fingerprint density at radius 2 is 2.00 bits per heavy atom. The molecule has 0 amide bonds. The molecule has 4 heteroatoms. The molecule has 0 radical (unpaired) electrons. The minimum Gasteiger partial charge on any atom is -0.369 e. The maximum absolute atomic E-state index is 13.8. The van der Waals surface area contributed by atoms with Crippen LogP contribution in [0.3, 0.4) is 0 Å². The number of hydrogen-bond donors (Lipinski definition) is 1. The molecule has 0 saturated carbocycles. The fourth-order valence-electron chi connectivity index (χ4n) is 3.14. The summed E-state index contributed by atoms with van der Waals surface area (Å²) >= 11 is 0. The number of likely N-dealkylation sites (N-methyl/N-ethyl adjacent to an activating group) is 1. The number of benzene rings is 1. The number of nitrogens with zero attached hydrogens (tertiary/aromatic N) is 2. The predicted molar refractivity (Wildman–Crippen MR) is 82.6 cm³/mol. The van der Waals surface area contributed by atoms with Gasteiger partial charge in [-0.1, -0.05) is 6.92 Å². The molecule has 1 saturated heterocycles. The van der Waals surface area contributed by atoms with Gasteiger partial charge in [0, 0.05) is 30.9 Å². The van der Waals surface area contributed by atoms with Gasteiger partial charge < -0.3 is 15.5 Å². The Bertz CT molecular complexity index is 485. The van der Waals surface area contributed by atoms with Gasteiger partial charge in [0.1, 0.15) is 5.82 Å². The molecule has 1 aromatic rings. The first kappa shape index (κ1) is 15.3. The highest BCUT2D eigenvalue weighted by molar-refractivity contribution is 5.58. The van der Waals surface area contributed by atoms with Gasteiger partial charge in [-0.05, 0) is 57.1 Å². The van der Waals surface area contributed by atoms with Crippen molar-refractivity contribution in [2.75, 3.05) is 32.1 Å². The molecule has 1 aromatic carbocycles. The lowest BCUT2D eigenvalue weighted by molar-refractivity contribution is 0.266. The Kier molecular flexibility index (Phi) is 4.35. The van der Waals surface area contributed by atoms with Crippen molar-refractivity contribution in [3.05, 3.63) is 29.1 Å². The fourth-order valence-corrected chi connectivity index (χ4v) is 3.14. The average Bonchev–Trinajstić information content (AvgIpc) is 2.74. The standard InChI is InChI=1S/C16H26FN3/c1-10-6-15(13(12(3)18)7-14(10)17)20-8-11(2)16(9-20)19(4)5/h6-7,11-12,16H,8-9,18H2,1-5H3/t11?,12-,16?/m1/s1. The summed E-state index contributed by atoms with van der Waals surface area (Å²) < 4.78 is 13.8. The lowest BCUT2D eigenvalue weighted by Crippen LogP contribution is -2.34. The first-order valence-electron chi connectivity index (χ1n) is 7.28. The van der Waals surface area contributed by atoms with Crippen LogP contribution >= 0.6 is 0 Å². The number of halogens is 1. The van der Waals surface area contributed by atoms with Crippen LogP contribution in [0.1, 0.15) is 31.0 Å². The minimum absolute atomic E-state index is 0.159. The summed E-state index contributed by atoms with van der Waals surface area (Å²) in [6.07, 6.45) is 0. The van der Waals surface area contributed by atoms with Crippen LogP contribution in [-0.4, -0.2) is 38.1 Å². The van der Waals surface area contributed by atoms with Gasteiger partial charge in [-0.2, -0.15) is 0 Å². The van der Waals surface area contributed by atoms with Crippen LogP contribution in [0.25, 0.3) is 0 Å². The van der Waals surface area contributed by atoms with E-state index in [-0.39, 0.29) is 11.9 Å². The highest BCUT2D eigenvalue weighted by Gasteiger charge is 2.32. The van der Waals surface area contributed by atoms with Crippen LogP contribution in [0.2, 0.25) is 0 Å². The molecular formula is C16H26FN3. The highest BCUT2D eigenvalue weighted by Crippen LogP contribution is 2.33. The summed E-state index contributed by atoms with van der Waals surface area (Å²) in [6, 6.07) is 3.91. The summed E-state index contributed by atoms with van der Waals surface area (Å²) in [5.74, 6) is 0.425. The molecule has 20 heavy (non-hydrogen) atoms. The molecule has 1 aliphatic rings. The van der Waals surface area contributed by atoms with E-state index in [0.29, 0.717) is 17.5 Å². The molecule has 0 aliphatic carbocycles. The summed E-state index contributed by atoms with van der Waals surface area (Å²) in [5.41, 5.74) is 8.71. The van der Waals surface area contributed by atoms with Gasteiger partial charge in [0.25, 0.3) is 0 Å². The van der Waals surface area contributed by atoms with E-state index in [4.69, 9.17) is 5.73 Å². The van der Waals surface area contributed by atoms with Gasteiger partial charge in [-0.25, -0.2) is 4.39 Å². The number of hydrogen-bond acceptors (Lipinski definition) is 3. The molecule has 112 valence electrons. The van der Waals surface area contributed by atoms with E-state index in [1.807, 2.05) is 19.9 Å². The fraction of sp³-hybridized carbons (Fsp3) is 0.625. The molecule has 0 bridgehead atoms. The van der Waals surface area contributed by atoms with E-state index >= 15 is 0 Å². The van der Waals surface area contributed by atoms with Crippen molar-refractivity contribution in [2.45, 2.75) is 32.9 Å². The van der Waals surface area contributed by atoms with Crippen molar-refractivity contribution in [3.63, 3.8) is 0 Å². The predicted octanol–water partition coefficient (Wildman–Crippen LogP) is 2.54. The van der Waals surface area contributed by atoms with E-state index in [2.05, 4.69) is 30.8 Å². The van der Waals surface area contributed by atoms with Crippen molar-refractivity contribution < 1.29 is 4.39 Å². The van der Waals surface area contributed by atoms with E-state index in [1.165, 1.54) is 0 Å². The zero-order valence-electron chi connectivity index (χ0n) is 13.2.